The maximum atomic E-state index is 12.5. The third kappa shape index (κ3) is 5.53. The number of nitrogens with zero attached hydrogens (tertiary/aromatic N) is 2. The summed E-state index contributed by atoms with van der Waals surface area (Å²) in [6.45, 7) is 8.26. The number of aryl methyl sites for hydroxylation is 1. The third-order valence-electron chi connectivity index (χ3n) is 5.50. The first-order chi connectivity index (χ1) is 13.2. The molecule has 1 aromatic rings. The number of carbonyl (C=O) groups excluding carboxylic acids is 2. The van der Waals surface area contributed by atoms with E-state index in [1.807, 2.05) is 12.1 Å². The largest absolute Gasteiger partial charge is 0.355 e. The van der Waals surface area contributed by atoms with Gasteiger partial charge in [-0.05, 0) is 30.5 Å². The Balaban J connectivity index is 1.46. The van der Waals surface area contributed by atoms with Crippen LogP contribution in [0.4, 0.5) is 5.69 Å². The van der Waals surface area contributed by atoms with Crippen LogP contribution in [0, 0.1) is 5.92 Å². The van der Waals surface area contributed by atoms with Gasteiger partial charge in [0.05, 0.1) is 5.92 Å². The van der Waals surface area contributed by atoms with Gasteiger partial charge in [-0.15, -0.1) is 0 Å². The molecule has 0 saturated carbocycles. The van der Waals surface area contributed by atoms with Crippen molar-refractivity contribution in [1.29, 1.82) is 0 Å². The van der Waals surface area contributed by atoms with Gasteiger partial charge in [0.1, 0.15) is 0 Å². The number of nitrogens with one attached hydrogen (secondary N) is 2. The molecule has 2 N–H and O–H groups in total. The predicted octanol–water partition coefficient (Wildman–Crippen LogP) is 1.40. The van der Waals surface area contributed by atoms with Gasteiger partial charge >= 0.3 is 0 Å². The standard InChI is InChI=1S/C21H32N4O2/c1-2-3-4-17-5-7-19(8-6-17)25-16-18(15-20(25)26)21(27)23-11-14-24-12-9-22-10-13-24/h5-8,18,22H,2-4,9-16H2,1H3,(H,23,27). The first-order valence-corrected chi connectivity index (χ1v) is 10.3. The van der Waals surface area contributed by atoms with Crippen LogP contribution in [-0.2, 0) is 16.0 Å². The Bertz CT molecular complexity index is 626. The minimum absolute atomic E-state index is 0.000510. The van der Waals surface area contributed by atoms with E-state index in [0.29, 0.717) is 19.5 Å². The van der Waals surface area contributed by atoms with Crippen molar-refractivity contribution < 1.29 is 9.59 Å². The summed E-state index contributed by atoms with van der Waals surface area (Å²) in [5.74, 6) is -0.209. The number of benzene rings is 1. The molecule has 27 heavy (non-hydrogen) atoms. The van der Waals surface area contributed by atoms with Gasteiger partial charge < -0.3 is 15.5 Å². The molecule has 0 aliphatic carbocycles. The Labute approximate surface area is 162 Å². The lowest BCUT2D eigenvalue weighted by Gasteiger charge is -2.27. The van der Waals surface area contributed by atoms with Crippen molar-refractivity contribution >= 4 is 17.5 Å². The molecule has 2 fully saturated rings. The molecule has 2 heterocycles. The molecular weight excluding hydrogens is 340 g/mol. The molecule has 1 aromatic carbocycles. The van der Waals surface area contributed by atoms with E-state index in [1.165, 1.54) is 18.4 Å². The average molecular weight is 373 g/mol. The van der Waals surface area contributed by atoms with E-state index >= 15 is 0 Å². The smallest absolute Gasteiger partial charge is 0.227 e. The second-order valence-electron chi connectivity index (χ2n) is 7.56. The lowest BCUT2D eigenvalue weighted by atomic mass is 10.1. The molecule has 2 amide bonds. The highest BCUT2D eigenvalue weighted by Gasteiger charge is 2.34. The maximum Gasteiger partial charge on any atom is 0.227 e. The highest BCUT2D eigenvalue weighted by Crippen LogP contribution is 2.25. The molecule has 0 bridgehead atoms. The number of rotatable bonds is 8. The molecule has 6 nitrogen and oxygen atoms in total. The fourth-order valence-corrected chi connectivity index (χ4v) is 3.77. The van der Waals surface area contributed by atoms with Crippen molar-refractivity contribution in [3.8, 4) is 0 Å². The van der Waals surface area contributed by atoms with Crippen molar-refractivity contribution in [2.24, 2.45) is 5.92 Å². The van der Waals surface area contributed by atoms with E-state index in [9.17, 15) is 9.59 Å². The summed E-state index contributed by atoms with van der Waals surface area (Å²) in [6.07, 6.45) is 3.73. The number of anilines is 1. The number of hydrogen-bond acceptors (Lipinski definition) is 4. The number of carbonyl (C=O) groups is 2. The van der Waals surface area contributed by atoms with Crippen LogP contribution in [0.1, 0.15) is 31.7 Å². The average Bonchev–Trinajstić information content (AvgIpc) is 3.09. The summed E-state index contributed by atoms with van der Waals surface area (Å²) in [6, 6.07) is 8.21. The van der Waals surface area contributed by atoms with E-state index < -0.39 is 0 Å². The van der Waals surface area contributed by atoms with Crippen LogP contribution in [0.25, 0.3) is 0 Å². The maximum absolute atomic E-state index is 12.5. The number of unbranched alkanes of at least 4 members (excludes halogenated alkanes) is 1. The molecule has 0 spiro atoms. The minimum Gasteiger partial charge on any atom is -0.355 e. The Kier molecular flexibility index (Phi) is 7.24. The van der Waals surface area contributed by atoms with Crippen LogP contribution in [0.2, 0.25) is 0 Å². The van der Waals surface area contributed by atoms with Crippen LogP contribution in [0.5, 0.6) is 0 Å². The van der Waals surface area contributed by atoms with Crippen molar-refractivity contribution in [2.75, 3.05) is 50.7 Å². The van der Waals surface area contributed by atoms with Gasteiger partial charge in [0, 0.05) is 57.9 Å². The Morgan fingerprint density at radius 3 is 2.67 bits per heavy atom. The Morgan fingerprint density at radius 2 is 1.96 bits per heavy atom. The Morgan fingerprint density at radius 1 is 1.22 bits per heavy atom. The summed E-state index contributed by atoms with van der Waals surface area (Å²) in [4.78, 5) is 29.0. The molecule has 6 heteroatoms. The van der Waals surface area contributed by atoms with Crippen LogP contribution in [0.3, 0.4) is 0 Å². The zero-order chi connectivity index (χ0) is 19.1. The normalized spacial score (nSPS) is 20.9. The van der Waals surface area contributed by atoms with E-state index in [0.717, 1.165) is 44.8 Å². The number of piperazine rings is 1. The zero-order valence-corrected chi connectivity index (χ0v) is 16.4. The van der Waals surface area contributed by atoms with Crippen molar-refractivity contribution in [1.82, 2.24) is 15.5 Å². The molecule has 0 radical (unpaired) electrons. The second-order valence-corrected chi connectivity index (χ2v) is 7.56. The molecule has 0 aromatic heterocycles. The highest BCUT2D eigenvalue weighted by atomic mass is 16.2. The van der Waals surface area contributed by atoms with E-state index in [4.69, 9.17) is 0 Å². The molecule has 2 aliphatic heterocycles. The number of hydrogen-bond donors (Lipinski definition) is 2. The van der Waals surface area contributed by atoms with Gasteiger partial charge in [0.25, 0.3) is 0 Å². The van der Waals surface area contributed by atoms with Gasteiger partial charge in [-0.1, -0.05) is 25.5 Å². The summed E-state index contributed by atoms with van der Waals surface area (Å²) in [7, 11) is 0. The zero-order valence-electron chi connectivity index (χ0n) is 16.4. The van der Waals surface area contributed by atoms with E-state index in [1.54, 1.807) is 4.90 Å². The first-order valence-electron chi connectivity index (χ1n) is 10.3. The van der Waals surface area contributed by atoms with E-state index in [-0.39, 0.29) is 17.7 Å². The molecule has 2 aliphatic rings. The summed E-state index contributed by atoms with van der Waals surface area (Å²) in [5.41, 5.74) is 2.20. The molecule has 2 saturated heterocycles. The quantitative estimate of drug-likeness (QED) is 0.724. The molecule has 3 rings (SSSR count). The summed E-state index contributed by atoms with van der Waals surface area (Å²) >= 11 is 0. The molecular formula is C21H32N4O2. The van der Waals surface area contributed by atoms with E-state index in [2.05, 4.69) is 34.6 Å². The van der Waals surface area contributed by atoms with Crippen molar-refractivity contribution in [3.63, 3.8) is 0 Å². The number of amides is 2. The van der Waals surface area contributed by atoms with Gasteiger partial charge in [-0.3, -0.25) is 14.5 Å². The topological polar surface area (TPSA) is 64.7 Å². The van der Waals surface area contributed by atoms with Gasteiger partial charge in [0.15, 0.2) is 0 Å². The lowest BCUT2D eigenvalue weighted by molar-refractivity contribution is -0.126. The highest BCUT2D eigenvalue weighted by molar-refractivity contribution is 6.00. The predicted molar refractivity (Wildman–Crippen MR) is 108 cm³/mol. The summed E-state index contributed by atoms with van der Waals surface area (Å²) < 4.78 is 0. The van der Waals surface area contributed by atoms with Crippen LogP contribution < -0.4 is 15.5 Å². The van der Waals surface area contributed by atoms with Crippen LogP contribution >= 0.6 is 0 Å². The van der Waals surface area contributed by atoms with Crippen molar-refractivity contribution in [3.05, 3.63) is 29.8 Å². The van der Waals surface area contributed by atoms with Crippen molar-refractivity contribution in [2.45, 2.75) is 32.6 Å². The first kappa shape index (κ1) is 19.8. The lowest BCUT2D eigenvalue weighted by Crippen LogP contribution is -2.46. The van der Waals surface area contributed by atoms with Crippen LogP contribution in [-0.4, -0.2) is 62.5 Å². The third-order valence-corrected chi connectivity index (χ3v) is 5.50. The Hall–Kier alpha value is -1.92. The monoisotopic (exact) mass is 372 g/mol. The second kappa shape index (κ2) is 9.85. The molecule has 148 valence electrons. The summed E-state index contributed by atoms with van der Waals surface area (Å²) in [5, 5.41) is 6.34. The van der Waals surface area contributed by atoms with Gasteiger partial charge in [-0.25, -0.2) is 0 Å². The van der Waals surface area contributed by atoms with Gasteiger partial charge in [0.2, 0.25) is 11.8 Å². The fourth-order valence-electron chi connectivity index (χ4n) is 3.77. The fraction of sp³-hybridized carbons (Fsp3) is 0.619. The molecule has 1 atom stereocenters. The van der Waals surface area contributed by atoms with Gasteiger partial charge in [-0.2, -0.15) is 0 Å². The van der Waals surface area contributed by atoms with Crippen LogP contribution in [0.15, 0.2) is 24.3 Å². The SMILES string of the molecule is CCCCc1ccc(N2CC(C(=O)NCCN3CCNCC3)CC2=O)cc1. The molecule has 1 unspecified atom stereocenters. The minimum atomic E-state index is -0.250.